The van der Waals surface area contributed by atoms with Crippen LogP contribution in [0.25, 0.3) is 11.1 Å². The summed E-state index contributed by atoms with van der Waals surface area (Å²) in [6.45, 7) is 6.51. The van der Waals surface area contributed by atoms with Crippen LogP contribution >= 0.6 is 0 Å². The fraction of sp³-hybridized carbons (Fsp3) is 0.292. The molecule has 0 spiro atoms. The molecule has 0 amide bonds. The molecule has 2 heterocycles. The molecule has 0 saturated carbocycles. The van der Waals surface area contributed by atoms with Crippen LogP contribution in [0, 0.1) is 0 Å². The fourth-order valence-electron chi connectivity index (χ4n) is 3.96. The van der Waals surface area contributed by atoms with E-state index in [2.05, 4.69) is 45.1 Å². The molecule has 0 radical (unpaired) electrons. The molecule has 1 aromatic heterocycles. The highest BCUT2D eigenvalue weighted by atomic mass is 16.4. The van der Waals surface area contributed by atoms with E-state index in [0.717, 1.165) is 56.1 Å². The summed E-state index contributed by atoms with van der Waals surface area (Å²) in [5, 5.41) is 26.6. The van der Waals surface area contributed by atoms with Crippen LogP contribution in [0.3, 0.4) is 0 Å². The second kappa shape index (κ2) is 9.14. The molecule has 1 aliphatic heterocycles. The molecule has 2 N–H and O–H groups in total. The smallest absolute Gasteiger partial charge is 0.356 e. The number of aryl methyl sites for hydroxylation is 1. The van der Waals surface area contributed by atoms with Crippen LogP contribution in [0.15, 0.2) is 54.6 Å². The zero-order chi connectivity index (χ0) is 21.8. The molecule has 1 fully saturated rings. The summed E-state index contributed by atoms with van der Waals surface area (Å²) in [4.78, 5) is 15.5. The standard InChI is InChI=1S/C24H26N4O3/c1-2-17-14-19(18-4-3-5-21(29)15-18)6-7-20(17)16-27-10-12-28(13-11-27)23-9-8-22(24(30)31)25-26-23/h3-9,14-15,29H,2,10-13,16H2,1H3,(H,30,31). The predicted octanol–water partition coefficient (Wildman–Crippen LogP) is 3.43. The highest BCUT2D eigenvalue weighted by Gasteiger charge is 2.20. The second-order valence-electron chi connectivity index (χ2n) is 7.73. The summed E-state index contributed by atoms with van der Waals surface area (Å²) >= 11 is 0. The Labute approximate surface area is 181 Å². The van der Waals surface area contributed by atoms with Crippen LogP contribution in [-0.4, -0.2) is 57.5 Å². The summed E-state index contributed by atoms with van der Waals surface area (Å²) in [5.74, 6) is -0.0696. The average Bonchev–Trinajstić information content (AvgIpc) is 2.80. The number of aromatic carboxylic acids is 1. The molecule has 2 aromatic carbocycles. The SMILES string of the molecule is CCc1cc(-c2cccc(O)c2)ccc1CN1CCN(c2ccc(C(=O)O)nn2)CC1. The zero-order valence-corrected chi connectivity index (χ0v) is 17.5. The first-order chi connectivity index (χ1) is 15.0. The van der Waals surface area contributed by atoms with Crippen molar-refractivity contribution in [3.05, 3.63) is 71.4 Å². The highest BCUT2D eigenvalue weighted by molar-refractivity contribution is 5.85. The van der Waals surface area contributed by atoms with Crippen molar-refractivity contribution in [2.75, 3.05) is 31.1 Å². The Morgan fingerprint density at radius 2 is 1.71 bits per heavy atom. The molecule has 0 unspecified atom stereocenters. The number of hydrogen-bond acceptors (Lipinski definition) is 6. The fourth-order valence-corrected chi connectivity index (χ4v) is 3.96. The van der Waals surface area contributed by atoms with E-state index in [9.17, 15) is 9.90 Å². The lowest BCUT2D eigenvalue weighted by Crippen LogP contribution is -2.46. The van der Waals surface area contributed by atoms with E-state index < -0.39 is 5.97 Å². The Kier molecular flexibility index (Phi) is 6.13. The van der Waals surface area contributed by atoms with Gasteiger partial charge in [0.1, 0.15) is 5.75 Å². The summed E-state index contributed by atoms with van der Waals surface area (Å²) in [5.41, 5.74) is 4.74. The van der Waals surface area contributed by atoms with Gasteiger partial charge in [0.05, 0.1) is 0 Å². The number of nitrogens with zero attached hydrogens (tertiary/aromatic N) is 4. The molecule has 0 aliphatic carbocycles. The topological polar surface area (TPSA) is 89.8 Å². The van der Waals surface area contributed by atoms with Gasteiger partial charge in [-0.1, -0.05) is 37.3 Å². The number of carbonyl (C=O) groups is 1. The Bertz CT molecular complexity index is 1060. The number of hydrogen-bond donors (Lipinski definition) is 2. The van der Waals surface area contributed by atoms with E-state index in [-0.39, 0.29) is 11.4 Å². The molecule has 1 aliphatic rings. The maximum absolute atomic E-state index is 10.9. The molecule has 7 heteroatoms. The van der Waals surface area contributed by atoms with Crippen molar-refractivity contribution in [2.45, 2.75) is 19.9 Å². The van der Waals surface area contributed by atoms with Crippen molar-refractivity contribution in [3.8, 4) is 16.9 Å². The van der Waals surface area contributed by atoms with Crippen molar-refractivity contribution in [2.24, 2.45) is 0 Å². The molecule has 160 valence electrons. The van der Waals surface area contributed by atoms with Crippen molar-refractivity contribution < 1.29 is 15.0 Å². The Hall–Kier alpha value is -3.45. The number of phenols is 1. The van der Waals surface area contributed by atoms with E-state index in [0.29, 0.717) is 0 Å². The molecule has 4 rings (SSSR count). The van der Waals surface area contributed by atoms with Gasteiger partial charge in [-0.05, 0) is 52.9 Å². The molecule has 1 saturated heterocycles. The molecule has 0 atom stereocenters. The molecular formula is C24H26N4O3. The van der Waals surface area contributed by atoms with Crippen LogP contribution in [0.5, 0.6) is 5.75 Å². The first-order valence-corrected chi connectivity index (χ1v) is 10.5. The largest absolute Gasteiger partial charge is 0.508 e. The van der Waals surface area contributed by atoms with Crippen molar-refractivity contribution in [1.82, 2.24) is 15.1 Å². The number of anilines is 1. The van der Waals surface area contributed by atoms with Gasteiger partial charge >= 0.3 is 5.97 Å². The molecule has 0 bridgehead atoms. The van der Waals surface area contributed by atoms with Crippen LogP contribution in [0.4, 0.5) is 5.82 Å². The van der Waals surface area contributed by atoms with E-state index in [4.69, 9.17) is 5.11 Å². The van der Waals surface area contributed by atoms with Crippen LogP contribution in [-0.2, 0) is 13.0 Å². The maximum atomic E-state index is 10.9. The Balaban J connectivity index is 1.40. The summed E-state index contributed by atoms with van der Waals surface area (Å²) in [6, 6.07) is 17.1. The van der Waals surface area contributed by atoms with E-state index in [1.54, 1.807) is 18.2 Å². The number of phenolic OH excluding ortho intramolecular Hbond substituents is 1. The van der Waals surface area contributed by atoms with Gasteiger partial charge < -0.3 is 15.1 Å². The van der Waals surface area contributed by atoms with Crippen molar-refractivity contribution in [3.63, 3.8) is 0 Å². The summed E-state index contributed by atoms with van der Waals surface area (Å²) < 4.78 is 0. The average molecular weight is 418 g/mol. The third-order valence-corrected chi connectivity index (χ3v) is 5.73. The van der Waals surface area contributed by atoms with E-state index >= 15 is 0 Å². The monoisotopic (exact) mass is 418 g/mol. The Morgan fingerprint density at radius 1 is 0.935 bits per heavy atom. The van der Waals surface area contributed by atoms with E-state index in [1.807, 2.05) is 12.1 Å². The predicted molar refractivity (Wildman–Crippen MR) is 119 cm³/mol. The summed E-state index contributed by atoms with van der Waals surface area (Å²) in [6.07, 6.45) is 0.952. The number of carboxylic acids is 1. The molecule has 3 aromatic rings. The first kappa shape index (κ1) is 20.8. The highest BCUT2D eigenvalue weighted by Crippen LogP contribution is 2.26. The van der Waals surface area contributed by atoms with Gasteiger partial charge in [-0.3, -0.25) is 4.90 Å². The van der Waals surface area contributed by atoms with Crippen molar-refractivity contribution >= 4 is 11.8 Å². The zero-order valence-electron chi connectivity index (χ0n) is 17.5. The van der Waals surface area contributed by atoms with Crippen LogP contribution in [0.2, 0.25) is 0 Å². The number of rotatable bonds is 6. The second-order valence-corrected chi connectivity index (χ2v) is 7.73. The van der Waals surface area contributed by atoms with Gasteiger partial charge in [0.15, 0.2) is 11.5 Å². The van der Waals surface area contributed by atoms with Crippen LogP contribution in [0.1, 0.15) is 28.5 Å². The maximum Gasteiger partial charge on any atom is 0.356 e. The molecular weight excluding hydrogens is 392 g/mol. The Morgan fingerprint density at radius 3 is 2.35 bits per heavy atom. The van der Waals surface area contributed by atoms with Crippen LogP contribution < -0.4 is 4.90 Å². The lowest BCUT2D eigenvalue weighted by atomic mass is 9.97. The number of aromatic nitrogens is 2. The summed E-state index contributed by atoms with van der Waals surface area (Å²) in [7, 11) is 0. The number of carboxylic acid groups (broad SMARTS) is 1. The number of piperazine rings is 1. The minimum atomic E-state index is -1.06. The number of benzene rings is 2. The minimum Gasteiger partial charge on any atom is -0.508 e. The van der Waals surface area contributed by atoms with Gasteiger partial charge in [-0.25, -0.2) is 4.79 Å². The van der Waals surface area contributed by atoms with Gasteiger partial charge in [-0.2, -0.15) is 0 Å². The van der Waals surface area contributed by atoms with Gasteiger partial charge in [0, 0.05) is 32.7 Å². The third kappa shape index (κ3) is 4.83. The third-order valence-electron chi connectivity index (χ3n) is 5.73. The van der Waals surface area contributed by atoms with Crippen molar-refractivity contribution in [1.29, 1.82) is 0 Å². The van der Waals surface area contributed by atoms with E-state index in [1.165, 1.54) is 17.2 Å². The quantitative estimate of drug-likeness (QED) is 0.634. The van der Waals surface area contributed by atoms with Gasteiger partial charge in [0.25, 0.3) is 0 Å². The van der Waals surface area contributed by atoms with Gasteiger partial charge in [-0.15, -0.1) is 10.2 Å². The molecule has 31 heavy (non-hydrogen) atoms. The lowest BCUT2D eigenvalue weighted by molar-refractivity contribution is 0.0689. The lowest BCUT2D eigenvalue weighted by Gasteiger charge is -2.35. The number of aromatic hydroxyl groups is 1. The first-order valence-electron chi connectivity index (χ1n) is 10.5. The van der Waals surface area contributed by atoms with Gasteiger partial charge in [0.2, 0.25) is 0 Å². The normalized spacial score (nSPS) is 14.5. The molecule has 7 nitrogen and oxygen atoms in total. The minimum absolute atomic E-state index is 0.0383.